The quantitative estimate of drug-likeness (QED) is 0.659. The molecule has 154 valence electrons. The molecule has 0 spiro atoms. The molecule has 5 rings (SSSR count). The van der Waals surface area contributed by atoms with E-state index in [1.165, 1.54) is 0 Å². The number of hydrogen-bond donors (Lipinski definition) is 1. The fourth-order valence-electron chi connectivity index (χ4n) is 5.42. The predicted molar refractivity (Wildman–Crippen MR) is 113 cm³/mol. The van der Waals surface area contributed by atoms with Crippen molar-refractivity contribution in [2.24, 2.45) is 5.41 Å². The van der Waals surface area contributed by atoms with Crippen LogP contribution in [0.25, 0.3) is 11.0 Å². The summed E-state index contributed by atoms with van der Waals surface area (Å²) < 4.78 is 5.54. The first-order valence-electron chi connectivity index (χ1n) is 10.6. The molecule has 2 bridgehead atoms. The van der Waals surface area contributed by atoms with Crippen LogP contribution in [0.4, 0.5) is 0 Å². The third-order valence-electron chi connectivity index (χ3n) is 6.69. The molecular weight excluding hydrogens is 378 g/mol. The van der Waals surface area contributed by atoms with Crippen molar-refractivity contribution in [2.75, 3.05) is 6.61 Å². The number of imidazole rings is 1. The van der Waals surface area contributed by atoms with Gasteiger partial charge in [0.25, 0.3) is 5.91 Å². The Morgan fingerprint density at radius 2 is 2.03 bits per heavy atom. The SMILES string of the molecule is CCOC(=O)[C@@]1(Cc2ccccc2)C[C@H]2CC[C@@H]1N2C(=O)c1ccc2nc[nH]c2c1. The lowest BCUT2D eigenvalue weighted by molar-refractivity contribution is -0.157. The number of hydrogen-bond acceptors (Lipinski definition) is 4. The van der Waals surface area contributed by atoms with Gasteiger partial charge in [-0.2, -0.15) is 0 Å². The molecule has 3 atom stereocenters. The highest BCUT2D eigenvalue weighted by Crippen LogP contribution is 2.52. The van der Waals surface area contributed by atoms with Crippen LogP contribution in [0.5, 0.6) is 0 Å². The van der Waals surface area contributed by atoms with E-state index in [2.05, 4.69) is 9.97 Å². The van der Waals surface area contributed by atoms with Crippen LogP contribution in [-0.4, -0.2) is 45.4 Å². The summed E-state index contributed by atoms with van der Waals surface area (Å²) in [5.41, 5.74) is 2.72. The van der Waals surface area contributed by atoms with E-state index in [1.807, 2.05) is 60.4 Å². The van der Waals surface area contributed by atoms with Crippen LogP contribution in [-0.2, 0) is 16.0 Å². The number of carbonyl (C=O) groups excluding carboxylic acids is 2. The normalized spacial score (nSPS) is 25.0. The second kappa shape index (κ2) is 7.27. The molecule has 6 nitrogen and oxygen atoms in total. The van der Waals surface area contributed by atoms with Crippen molar-refractivity contribution < 1.29 is 14.3 Å². The number of nitrogens with zero attached hydrogens (tertiary/aromatic N) is 2. The monoisotopic (exact) mass is 403 g/mol. The van der Waals surface area contributed by atoms with Gasteiger partial charge in [0.2, 0.25) is 0 Å². The molecule has 1 aromatic heterocycles. The van der Waals surface area contributed by atoms with E-state index in [-0.39, 0.29) is 24.0 Å². The predicted octanol–water partition coefficient (Wildman–Crippen LogP) is 3.73. The summed E-state index contributed by atoms with van der Waals surface area (Å²) in [6.07, 6.45) is 4.64. The molecule has 6 heteroatoms. The molecule has 2 saturated heterocycles. The zero-order valence-electron chi connectivity index (χ0n) is 17.0. The van der Waals surface area contributed by atoms with Crippen LogP contribution in [0.3, 0.4) is 0 Å². The van der Waals surface area contributed by atoms with E-state index in [9.17, 15) is 9.59 Å². The van der Waals surface area contributed by atoms with Crippen LogP contribution >= 0.6 is 0 Å². The highest BCUT2D eigenvalue weighted by atomic mass is 16.5. The van der Waals surface area contributed by atoms with Crippen molar-refractivity contribution in [3.63, 3.8) is 0 Å². The van der Waals surface area contributed by atoms with Crippen molar-refractivity contribution in [1.82, 2.24) is 14.9 Å². The number of aromatic amines is 1. The number of ether oxygens (including phenoxy) is 1. The number of rotatable bonds is 5. The number of benzene rings is 2. The van der Waals surface area contributed by atoms with Gasteiger partial charge in [-0.3, -0.25) is 9.59 Å². The van der Waals surface area contributed by atoms with Gasteiger partial charge < -0.3 is 14.6 Å². The molecule has 3 aromatic rings. The second-order valence-corrected chi connectivity index (χ2v) is 8.34. The molecule has 0 radical (unpaired) electrons. The van der Waals surface area contributed by atoms with Crippen molar-refractivity contribution >= 4 is 22.9 Å². The number of H-pyrrole nitrogens is 1. The van der Waals surface area contributed by atoms with Crippen molar-refractivity contribution in [3.05, 3.63) is 66.0 Å². The Hall–Kier alpha value is -3.15. The fraction of sp³-hybridized carbons (Fsp3) is 0.375. The maximum atomic E-state index is 13.5. The topological polar surface area (TPSA) is 75.3 Å². The van der Waals surface area contributed by atoms with Gasteiger partial charge >= 0.3 is 5.97 Å². The van der Waals surface area contributed by atoms with E-state index < -0.39 is 5.41 Å². The van der Waals surface area contributed by atoms with Crippen LogP contribution in [0, 0.1) is 5.41 Å². The molecule has 2 aromatic carbocycles. The van der Waals surface area contributed by atoms with Gasteiger partial charge in [-0.25, -0.2) is 4.98 Å². The second-order valence-electron chi connectivity index (χ2n) is 8.34. The highest BCUT2D eigenvalue weighted by molar-refractivity contribution is 5.98. The minimum atomic E-state index is -0.686. The average Bonchev–Trinajstić information content (AvgIpc) is 3.47. The number of carbonyl (C=O) groups is 2. The van der Waals surface area contributed by atoms with Crippen LogP contribution in [0.2, 0.25) is 0 Å². The van der Waals surface area contributed by atoms with Gasteiger partial charge in [-0.05, 0) is 56.4 Å². The molecule has 3 heterocycles. The smallest absolute Gasteiger partial charge is 0.314 e. The maximum Gasteiger partial charge on any atom is 0.314 e. The van der Waals surface area contributed by atoms with Gasteiger partial charge in [-0.1, -0.05) is 30.3 Å². The van der Waals surface area contributed by atoms with Crippen molar-refractivity contribution in [2.45, 2.75) is 44.7 Å². The molecule has 0 saturated carbocycles. The Morgan fingerprint density at radius 1 is 1.20 bits per heavy atom. The number of aromatic nitrogens is 2. The summed E-state index contributed by atoms with van der Waals surface area (Å²) >= 11 is 0. The minimum absolute atomic E-state index is 0.0155. The lowest BCUT2D eigenvalue weighted by Crippen LogP contribution is -2.47. The van der Waals surface area contributed by atoms with Crippen molar-refractivity contribution in [3.8, 4) is 0 Å². The van der Waals surface area contributed by atoms with E-state index in [0.717, 1.165) is 29.4 Å². The Morgan fingerprint density at radius 3 is 2.83 bits per heavy atom. The molecule has 2 aliphatic heterocycles. The number of esters is 1. The van der Waals surface area contributed by atoms with Crippen LogP contribution < -0.4 is 0 Å². The molecule has 1 amide bonds. The Balaban J connectivity index is 1.50. The lowest BCUT2D eigenvalue weighted by atomic mass is 9.70. The Labute approximate surface area is 175 Å². The number of fused-ring (bicyclic) bond motifs is 3. The number of nitrogens with one attached hydrogen (secondary N) is 1. The summed E-state index contributed by atoms with van der Waals surface area (Å²) in [5, 5.41) is 0. The molecule has 0 unspecified atom stereocenters. The molecule has 1 N–H and O–H groups in total. The van der Waals surface area contributed by atoms with Crippen LogP contribution in [0.1, 0.15) is 42.1 Å². The average molecular weight is 403 g/mol. The maximum absolute atomic E-state index is 13.5. The largest absolute Gasteiger partial charge is 0.465 e. The van der Waals surface area contributed by atoms with Crippen molar-refractivity contribution in [1.29, 1.82) is 0 Å². The van der Waals surface area contributed by atoms with E-state index in [4.69, 9.17) is 4.74 Å². The van der Waals surface area contributed by atoms with Gasteiger partial charge in [-0.15, -0.1) is 0 Å². The highest BCUT2D eigenvalue weighted by Gasteiger charge is 2.61. The lowest BCUT2D eigenvalue weighted by Gasteiger charge is -2.35. The van der Waals surface area contributed by atoms with Gasteiger partial charge in [0, 0.05) is 17.6 Å². The summed E-state index contributed by atoms with van der Waals surface area (Å²) in [5.74, 6) is -0.193. The first-order valence-corrected chi connectivity index (χ1v) is 10.6. The summed E-state index contributed by atoms with van der Waals surface area (Å²) in [7, 11) is 0. The molecule has 0 aliphatic carbocycles. The summed E-state index contributed by atoms with van der Waals surface area (Å²) in [6.45, 7) is 2.18. The van der Waals surface area contributed by atoms with E-state index in [0.29, 0.717) is 25.0 Å². The molecule has 2 fully saturated rings. The molecule has 30 heavy (non-hydrogen) atoms. The van der Waals surface area contributed by atoms with E-state index >= 15 is 0 Å². The summed E-state index contributed by atoms with van der Waals surface area (Å²) in [4.78, 5) is 36.0. The summed E-state index contributed by atoms with van der Waals surface area (Å²) in [6, 6.07) is 15.5. The van der Waals surface area contributed by atoms with Crippen LogP contribution in [0.15, 0.2) is 54.9 Å². The molecular formula is C24H25N3O3. The van der Waals surface area contributed by atoms with Gasteiger partial charge in [0.05, 0.1) is 29.4 Å². The zero-order chi connectivity index (χ0) is 20.7. The van der Waals surface area contributed by atoms with Gasteiger partial charge in [0.15, 0.2) is 0 Å². The number of amides is 1. The van der Waals surface area contributed by atoms with E-state index in [1.54, 1.807) is 6.33 Å². The first kappa shape index (κ1) is 18.9. The fourth-order valence-corrected chi connectivity index (χ4v) is 5.42. The zero-order valence-corrected chi connectivity index (χ0v) is 17.0. The Bertz CT molecular complexity index is 1090. The minimum Gasteiger partial charge on any atom is -0.465 e. The molecule has 2 aliphatic rings. The third kappa shape index (κ3) is 2.90. The third-order valence-corrected chi connectivity index (χ3v) is 6.69. The first-order chi connectivity index (χ1) is 14.6. The van der Waals surface area contributed by atoms with Gasteiger partial charge in [0.1, 0.15) is 0 Å². The Kier molecular flexibility index (Phi) is 4.57. The standard InChI is InChI=1S/C24H25N3O3/c1-2-30-23(29)24(13-16-6-4-3-5-7-16)14-18-9-11-21(24)27(18)22(28)17-8-10-19-20(12-17)26-15-25-19/h3-8,10,12,15,18,21H,2,9,11,13-14H2,1H3,(H,25,26)/t18-,21+,24+/m1/s1.